The Labute approximate surface area is 101 Å². The van der Waals surface area contributed by atoms with Crippen molar-refractivity contribution in [1.82, 2.24) is 4.90 Å². The number of hydrogen-bond acceptors (Lipinski definition) is 2. The second kappa shape index (κ2) is 4.19. The molecule has 0 aliphatic carbocycles. The van der Waals surface area contributed by atoms with Crippen LogP contribution in [0.1, 0.15) is 23.3 Å². The molecule has 1 nitrogen and oxygen atoms in total. The number of nitrogens with zero attached hydrogens (tertiary/aromatic N) is 1. The Hall–Kier alpha value is -0.860. The summed E-state index contributed by atoms with van der Waals surface area (Å²) in [6.45, 7) is 5.92. The quantitative estimate of drug-likeness (QED) is 0.759. The minimum atomic E-state index is 1.15. The van der Waals surface area contributed by atoms with Crippen molar-refractivity contribution in [2.75, 3.05) is 13.1 Å². The van der Waals surface area contributed by atoms with Gasteiger partial charge in [0.05, 0.1) is 0 Å². The van der Waals surface area contributed by atoms with Crippen molar-refractivity contribution < 1.29 is 0 Å². The highest BCUT2D eigenvalue weighted by Crippen LogP contribution is 2.29. The number of benzene rings is 1. The normalized spacial score (nSPS) is 17.3. The number of aryl methyl sites for hydroxylation is 1. The van der Waals surface area contributed by atoms with Gasteiger partial charge in [-0.25, -0.2) is 0 Å². The van der Waals surface area contributed by atoms with Crippen LogP contribution in [0.25, 0.3) is 10.1 Å². The molecule has 1 aliphatic rings. The molecule has 1 saturated heterocycles. The molecule has 0 amide bonds. The maximum atomic E-state index is 2.57. The first kappa shape index (κ1) is 10.3. The first-order chi connectivity index (χ1) is 7.83. The highest BCUT2D eigenvalue weighted by atomic mass is 32.1. The SMILES string of the molecule is Cc1cccc2sc(CN3CCCC3)cc12. The van der Waals surface area contributed by atoms with Crippen molar-refractivity contribution in [3.8, 4) is 0 Å². The maximum Gasteiger partial charge on any atom is 0.0348 e. The lowest BCUT2D eigenvalue weighted by Crippen LogP contribution is -2.17. The average Bonchev–Trinajstić information content (AvgIpc) is 2.88. The van der Waals surface area contributed by atoms with Crippen molar-refractivity contribution in [3.05, 3.63) is 34.7 Å². The van der Waals surface area contributed by atoms with Gasteiger partial charge in [-0.3, -0.25) is 4.90 Å². The van der Waals surface area contributed by atoms with Crippen LogP contribution in [0, 0.1) is 6.92 Å². The van der Waals surface area contributed by atoms with Crippen LogP contribution in [0.5, 0.6) is 0 Å². The number of rotatable bonds is 2. The summed E-state index contributed by atoms with van der Waals surface area (Å²) in [7, 11) is 0. The molecule has 1 aromatic carbocycles. The fourth-order valence-corrected chi connectivity index (χ4v) is 3.68. The van der Waals surface area contributed by atoms with Crippen LogP contribution < -0.4 is 0 Å². The molecule has 2 heteroatoms. The molecule has 1 fully saturated rings. The van der Waals surface area contributed by atoms with Crippen molar-refractivity contribution >= 4 is 21.4 Å². The fourth-order valence-electron chi connectivity index (χ4n) is 2.50. The standard InChI is InChI=1S/C14H17NS/c1-11-5-4-6-14-13(11)9-12(16-14)10-15-7-2-3-8-15/h4-6,9H,2-3,7-8,10H2,1H3. The van der Waals surface area contributed by atoms with Crippen LogP contribution in [0.3, 0.4) is 0 Å². The van der Waals surface area contributed by atoms with E-state index in [4.69, 9.17) is 0 Å². The Morgan fingerprint density at radius 1 is 1.25 bits per heavy atom. The summed E-state index contributed by atoms with van der Waals surface area (Å²) in [4.78, 5) is 4.09. The summed E-state index contributed by atoms with van der Waals surface area (Å²) in [6.07, 6.45) is 2.76. The maximum absolute atomic E-state index is 2.57. The first-order valence-corrected chi connectivity index (χ1v) is 6.85. The van der Waals surface area contributed by atoms with E-state index in [-0.39, 0.29) is 0 Å². The molecule has 1 aromatic heterocycles. The second-order valence-electron chi connectivity index (χ2n) is 4.68. The monoisotopic (exact) mass is 231 g/mol. The van der Waals surface area contributed by atoms with Gasteiger partial charge in [0.25, 0.3) is 0 Å². The van der Waals surface area contributed by atoms with E-state index in [1.807, 2.05) is 11.3 Å². The number of thiophene rings is 1. The molecule has 1 aliphatic heterocycles. The van der Waals surface area contributed by atoms with Crippen LogP contribution >= 0.6 is 11.3 Å². The van der Waals surface area contributed by atoms with Gasteiger partial charge in [0.15, 0.2) is 0 Å². The van der Waals surface area contributed by atoms with E-state index in [2.05, 4.69) is 36.1 Å². The van der Waals surface area contributed by atoms with Crippen LogP contribution in [-0.2, 0) is 6.54 Å². The van der Waals surface area contributed by atoms with Gasteiger partial charge in [0.1, 0.15) is 0 Å². The average molecular weight is 231 g/mol. The summed E-state index contributed by atoms with van der Waals surface area (Å²) in [5.41, 5.74) is 1.40. The molecule has 84 valence electrons. The zero-order valence-electron chi connectivity index (χ0n) is 9.70. The van der Waals surface area contributed by atoms with Crippen LogP contribution in [-0.4, -0.2) is 18.0 Å². The van der Waals surface area contributed by atoms with Crippen LogP contribution in [0.2, 0.25) is 0 Å². The van der Waals surface area contributed by atoms with Crippen LogP contribution in [0.4, 0.5) is 0 Å². The van der Waals surface area contributed by atoms with Gasteiger partial charge in [-0.2, -0.15) is 0 Å². The van der Waals surface area contributed by atoms with E-state index in [1.54, 1.807) is 0 Å². The van der Waals surface area contributed by atoms with E-state index < -0.39 is 0 Å². The smallest absolute Gasteiger partial charge is 0.0348 e. The third kappa shape index (κ3) is 1.87. The molecule has 3 rings (SSSR count). The molecule has 0 saturated carbocycles. The predicted octanol–water partition coefficient (Wildman–Crippen LogP) is 3.81. The minimum Gasteiger partial charge on any atom is -0.298 e. The van der Waals surface area contributed by atoms with Gasteiger partial charge in [0, 0.05) is 16.1 Å². The van der Waals surface area contributed by atoms with E-state index in [9.17, 15) is 0 Å². The van der Waals surface area contributed by atoms with Gasteiger partial charge in [0.2, 0.25) is 0 Å². The number of likely N-dealkylation sites (tertiary alicyclic amines) is 1. The zero-order valence-corrected chi connectivity index (χ0v) is 10.5. The van der Waals surface area contributed by atoms with E-state index >= 15 is 0 Å². The lowest BCUT2D eigenvalue weighted by molar-refractivity contribution is 0.334. The summed E-state index contributed by atoms with van der Waals surface area (Å²) in [6, 6.07) is 8.98. The Kier molecular flexibility index (Phi) is 2.70. The Bertz CT molecular complexity index is 494. The Balaban J connectivity index is 1.90. The molecule has 0 spiro atoms. The van der Waals surface area contributed by atoms with E-state index in [0.717, 1.165) is 6.54 Å². The van der Waals surface area contributed by atoms with Gasteiger partial charge >= 0.3 is 0 Å². The van der Waals surface area contributed by atoms with Crippen LogP contribution in [0.15, 0.2) is 24.3 Å². The largest absolute Gasteiger partial charge is 0.298 e. The summed E-state index contributed by atoms with van der Waals surface area (Å²) < 4.78 is 1.44. The van der Waals surface area contributed by atoms with Gasteiger partial charge < -0.3 is 0 Å². The van der Waals surface area contributed by atoms with Crippen molar-refractivity contribution in [1.29, 1.82) is 0 Å². The molecular formula is C14H17NS. The van der Waals surface area contributed by atoms with Gasteiger partial charge in [-0.15, -0.1) is 11.3 Å². The van der Waals surface area contributed by atoms with Crippen molar-refractivity contribution in [3.63, 3.8) is 0 Å². The molecular weight excluding hydrogens is 214 g/mol. The summed E-state index contributed by atoms with van der Waals surface area (Å²) >= 11 is 1.96. The lowest BCUT2D eigenvalue weighted by Gasteiger charge is -2.12. The Morgan fingerprint density at radius 3 is 2.81 bits per heavy atom. The lowest BCUT2D eigenvalue weighted by atomic mass is 10.1. The first-order valence-electron chi connectivity index (χ1n) is 6.03. The van der Waals surface area contributed by atoms with E-state index in [0.29, 0.717) is 0 Å². The van der Waals surface area contributed by atoms with Crippen molar-refractivity contribution in [2.45, 2.75) is 26.3 Å². The molecule has 0 N–H and O–H groups in total. The molecule has 2 heterocycles. The molecule has 0 atom stereocenters. The Morgan fingerprint density at radius 2 is 2.06 bits per heavy atom. The molecule has 0 bridgehead atoms. The zero-order chi connectivity index (χ0) is 11.0. The third-order valence-electron chi connectivity index (χ3n) is 3.41. The van der Waals surface area contributed by atoms with Crippen molar-refractivity contribution in [2.24, 2.45) is 0 Å². The molecule has 0 radical (unpaired) electrons. The van der Waals surface area contributed by atoms with E-state index in [1.165, 1.54) is 46.5 Å². The molecule has 16 heavy (non-hydrogen) atoms. The third-order valence-corrected chi connectivity index (χ3v) is 4.49. The second-order valence-corrected chi connectivity index (χ2v) is 5.85. The summed E-state index contributed by atoms with van der Waals surface area (Å²) in [5.74, 6) is 0. The summed E-state index contributed by atoms with van der Waals surface area (Å²) in [5, 5.41) is 1.45. The van der Waals surface area contributed by atoms with Gasteiger partial charge in [-0.05, 0) is 55.9 Å². The molecule has 2 aromatic rings. The number of hydrogen-bond donors (Lipinski definition) is 0. The fraction of sp³-hybridized carbons (Fsp3) is 0.429. The topological polar surface area (TPSA) is 3.24 Å². The number of fused-ring (bicyclic) bond motifs is 1. The van der Waals surface area contributed by atoms with Gasteiger partial charge in [-0.1, -0.05) is 12.1 Å². The molecule has 0 unspecified atom stereocenters. The predicted molar refractivity (Wildman–Crippen MR) is 71.1 cm³/mol. The highest BCUT2D eigenvalue weighted by Gasteiger charge is 2.13. The highest BCUT2D eigenvalue weighted by molar-refractivity contribution is 7.19. The minimum absolute atomic E-state index is 1.15.